The molecule has 1 aromatic carbocycles. The molecule has 0 spiro atoms. The number of nitrogen functional groups attached to an aromatic ring is 1. The van der Waals surface area contributed by atoms with Crippen LogP contribution in [0.4, 0.5) is 11.4 Å². The molecule has 5 nitrogen and oxygen atoms in total. The highest BCUT2D eigenvalue weighted by atomic mass is 32.1. The number of benzene rings is 1. The molecular weight excluding hydrogens is 322 g/mol. The number of nitrogens with one attached hydrogen (secondary N) is 1. The summed E-state index contributed by atoms with van der Waals surface area (Å²) in [6.07, 6.45) is 3.22. The standard InChI is InChI=1S/C18H23N3O2S/c1-3-4-7-12-21(2)18(23)16-11-10-15(24-16)17(22)20-14-9-6-5-8-13(14)19/h5-6,8-11H,3-4,7,12,19H2,1-2H3,(H,20,22). The highest BCUT2D eigenvalue weighted by molar-refractivity contribution is 7.16. The van der Waals surface area contributed by atoms with Crippen molar-refractivity contribution in [2.45, 2.75) is 26.2 Å². The number of carbonyl (C=O) groups is 2. The Morgan fingerprint density at radius 2 is 1.83 bits per heavy atom. The maximum Gasteiger partial charge on any atom is 0.265 e. The molecule has 1 heterocycles. The summed E-state index contributed by atoms with van der Waals surface area (Å²) in [7, 11) is 1.79. The van der Waals surface area contributed by atoms with Crippen molar-refractivity contribution >= 4 is 34.5 Å². The van der Waals surface area contributed by atoms with Crippen LogP contribution in [0.25, 0.3) is 0 Å². The molecule has 0 fully saturated rings. The lowest BCUT2D eigenvalue weighted by Crippen LogP contribution is -2.26. The van der Waals surface area contributed by atoms with Gasteiger partial charge >= 0.3 is 0 Å². The van der Waals surface area contributed by atoms with Crippen molar-refractivity contribution in [2.24, 2.45) is 0 Å². The molecule has 0 saturated heterocycles. The maximum atomic E-state index is 12.4. The zero-order valence-corrected chi connectivity index (χ0v) is 14.9. The number of para-hydroxylation sites is 2. The van der Waals surface area contributed by atoms with Gasteiger partial charge in [0.05, 0.1) is 21.1 Å². The Kier molecular flexibility index (Phi) is 6.37. The Hall–Kier alpha value is -2.34. The van der Waals surface area contributed by atoms with Gasteiger partial charge in [-0.05, 0) is 30.7 Å². The van der Waals surface area contributed by atoms with Crippen LogP contribution in [-0.2, 0) is 0 Å². The summed E-state index contributed by atoms with van der Waals surface area (Å²) in [6, 6.07) is 10.5. The number of rotatable bonds is 7. The maximum absolute atomic E-state index is 12.4. The molecule has 2 aromatic rings. The topological polar surface area (TPSA) is 75.4 Å². The van der Waals surface area contributed by atoms with Crippen LogP contribution >= 0.6 is 11.3 Å². The van der Waals surface area contributed by atoms with Crippen LogP contribution in [0.15, 0.2) is 36.4 Å². The van der Waals surface area contributed by atoms with Crippen LogP contribution in [0.1, 0.15) is 45.5 Å². The van der Waals surface area contributed by atoms with Gasteiger partial charge in [-0.15, -0.1) is 11.3 Å². The summed E-state index contributed by atoms with van der Waals surface area (Å²) >= 11 is 1.20. The lowest BCUT2D eigenvalue weighted by Gasteiger charge is -2.15. The minimum Gasteiger partial charge on any atom is -0.397 e. The Bertz CT molecular complexity index is 712. The lowest BCUT2D eigenvalue weighted by molar-refractivity contribution is 0.0797. The molecule has 0 aliphatic rings. The molecular formula is C18H23N3O2S. The van der Waals surface area contributed by atoms with Gasteiger partial charge in [0.2, 0.25) is 0 Å². The quantitative estimate of drug-likeness (QED) is 0.591. The predicted molar refractivity (Wildman–Crippen MR) is 99.6 cm³/mol. The highest BCUT2D eigenvalue weighted by Gasteiger charge is 2.17. The number of hydrogen-bond donors (Lipinski definition) is 2. The first-order valence-electron chi connectivity index (χ1n) is 8.04. The van der Waals surface area contributed by atoms with E-state index >= 15 is 0 Å². The van der Waals surface area contributed by atoms with Crippen LogP contribution in [0.2, 0.25) is 0 Å². The van der Waals surface area contributed by atoms with Gasteiger partial charge in [0.1, 0.15) is 0 Å². The highest BCUT2D eigenvalue weighted by Crippen LogP contribution is 2.22. The van der Waals surface area contributed by atoms with Gasteiger partial charge in [-0.25, -0.2) is 0 Å². The molecule has 0 radical (unpaired) electrons. The second kappa shape index (κ2) is 8.49. The van der Waals surface area contributed by atoms with Crippen molar-refractivity contribution in [3.05, 3.63) is 46.2 Å². The zero-order valence-electron chi connectivity index (χ0n) is 14.0. The summed E-state index contributed by atoms with van der Waals surface area (Å²) in [5.41, 5.74) is 6.90. The number of anilines is 2. The second-order valence-electron chi connectivity index (χ2n) is 5.64. The Morgan fingerprint density at radius 1 is 1.12 bits per heavy atom. The lowest BCUT2D eigenvalue weighted by atomic mass is 10.2. The summed E-state index contributed by atoms with van der Waals surface area (Å²) in [5, 5.41) is 2.77. The van der Waals surface area contributed by atoms with Gasteiger partial charge in [-0.3, -0.25) is 9.59 Å². The van der Waals surface area contributed by atoms with Gasteiger partial charge in [0, 0.05) is 13.6 Å². The molecule has 0 aliphatic heterocycles. The first-order chi connectivity index (χ1) is 11.5. The molecule has 1 aromatic heterocycles. The summed E-state index contributed by atoms with van der Waals surface area (Å²) in [4.78, 5) is 27.4. The number of hydrogen-bond acceptors (Lipinski definition) is 4. The van der Waals surface area contributed by atoms with E-state index in [1.807, 2.05) is 0 Å². The van der Waals surface area contributed by atoms with Crippen LogP contribution in [0.3, 0.4) is 0 Å². The monoisotopic (exact) mass is 345 g/mol. The van der Waals surface area contributed by atoms with Gasteiger partial charge in [-0.1, -0.05) is 31.9 Å². The molecule has 24 heavy (non-hydrogen) atoms. The Balaban J connectivity index is 2.00. The largest absolute Gasteiger partial charge is 0.397 e. The van der Waals surface area contributed by atoms with E-state index in [0.29, 0.717) is 21.1 Å². The summed E-state index contributed by atoms with van der Waals surface area (Å²) in [6.45, 7) is 2.86. The molecule has 128 valence electrons. The van der Waals surface area contributed by atoms with Crippen LogP contribution in [0.5, 0.6) is 0 Å². The SMILES string of the molecule is CCCCCN(C)C(=O)c1ccc(C(=O)Nc2ccccc2N)s1. The molecule has 2 amide bonds. The van der Waals surface area contributed by atoms with E-state index < -0.39 is 0 Å². The predicted octanol–water partition coefficient (Wildman–Crippen LogP) is 3.84. The number of nitrogens with two attached hydrogens (primary N) is 1. The molecule has 3 N–H and O–H groups in total. The van der Waals surface area contributed by atoms with E-state index in [0.717, 1.165) is 25.8 Å². The Morgan fingerprint density at radius 3 is 2.54 bits per heavy atom. The minimum absolute atomic E-state index is 0.0469. The summed E-state index contributed by atoms with van der Waals surface area (Å²) < 4.78 is 0. The number of carbonyl (C=O) groups excluding carboxylic acids is 2. The fourth-order valence-corrected chi connectivity index (χ4v) is 3.15. The van der Waals surface area contributed by atoms with Gasteiger partial charge in [0.25, 0.3) is 11.8 Å². The second-order valence-corrected chi connectivity index (χ2v) is 6.72. The van der Waals surface area contributed by atoms with E-state index in [1.165, 1.54) is 11.3 Å². The van der Waals surface area contributed by atoms with E-state index in [1.54, 1.807) is 48.3 Å². The van der Waals surface area contributed by atoms with Crippen molar-refractivity contribution in [3.8, 4) is 0 Å². The average molecular weight is 345 g/mol. The van der Waals surface area contributed by atoms with Crippen molar-refractivity contribution < 1.29 is 9.59 Å². The third-order valence-corrected chi connectivity index (χ3v) is 4.77. The van der Waals surface area contributed by atoms with Crippen molar-refractivity contribution in [2.75, 3.05) is 24.6 Å². The van der Waals surface area contributed by atoms with Gasteiger partial charge in [0.15, 0.2) is 0 Å². The molecule has 0 saturated carbocycles. The first kappa shape index (κ1) is 18.0. The van der Waals surface area contributed by atoms with Crippen molar-refractivity contribution in [1.29, 1.82) is 0 Å². The molecule has 0 bridgehead atoms. The Labute approximate surface area is 146 Å². The number of nitrogens with zero attached hydrogens (tertiary/aromatic N) is 1. The van der Waals surface area contributed by atoms with Gasteiger partial charge in [-0.2, -0.15) is 0 Å². The van der Waals surface area contributed by atoms with Crippen LogP contribution < -0.4 is 11.1 Å². The van der Waals surface area contributed by atoms with Crippen molar-refractivity contribution in [3.63, 3.8) is 0 Å². The summed E-state index contributed by atoms with van der Waals surface area (Å²) in [5.74, 6) is -0.306. The third-order valence-electron chi connectivity index (χ3n) is 3.69. The van der Waals surface area contributed by atoms with E-state index in [2.05, 4.69) is 12.2 Å². The van der Waals surface area contributed by atoms with E-state index in [4.69, 9.17) is 5.73 Å². The van der Waals surface area contributed by atoms with Gasteiger partial charge < -0.3 is 16.0 Å². The normalized spacial score (nSPS) is 10.4. The smallest absolute Gasteiger partial charge is 0.265 e. The average Bonchev–Trinajstić information content (AvgIpc) is 3.06. The molecule has 0 atom stereocenters. The number of amides is 2. The van der Waals surface area contributed by atoms with Crippen LogP contribution in [-0.4, -0.2) is 30.3 Å². The van der Waals surface area contributed by atoms with E-state index in [9.17, 15) is 9.59 Å². The fourth-order valence-electron chi connectivity index (χ4n) is 2.26. The number of thiophene rings is 1. The zero-order chi connectivity index (χ0) is 17.5. The van der Waals surface area contributed by atoms with Crippen LogP contribution in [0, 0.1) is 0 Å². The first-order valence-corrected chi connectivity index (χ1v) is 8.85. The minimum atomic E-state index is -0.259. The van der Waals surface area contributed by atoms with Crippen molar-refractivity contribution in [1.82, 2.24) is 4.90 Å². The molecule has 0 aliphatic carbocycles. The molecule has 0 unspecified atom stereocenters. The molecule has 2 rings (SSSR count). The fraction of sp³-hybridized carbons (Fsp3) is 0.333. The van der Waals surface area contributed by atoms with E-state index in [-0.39, 0.29) is 11.8 Å². The molecule has 6 heteroatoms. The number of unbranched alkanes of at least 4 members (excludes halogenated alkanes) is 2. The third kappa shape index (κ3) is 4.58.